The van der Waals surface area contributed by atoms with Gasteiger partial charge in [0.25, 0.3) is 5.01 Å². The topological polar surface area (TPSA) is 143 Å². The Kier molecular flexibility index (Phi) is 13.3. The number of fused-ring (bicyclic) bond motifs is 2. The predicted octanol–water partition coefficient (Wildman–Crippen LogP) is 7.10. The number of thioether (sulfide) groups is 1. The van der Waals surface area contributed by atoms with Crippen molar-refractivity contribution < 1.29 is 43.4 Å². The number of hydrogen-bond donors (Lipinski definition) is 0. The van der Waals surface area contributed by atoms with Gasteiger partial charge in [0.2, 0.25) is 5.52 Å². The molecule has 0 unspecified atom stereocenters. The highest BCUT2D eigenvalue weighted by molar-refractivity contribution is 8.03. The quantitative estimate of drug-likeness (QED) is 0.0742. The van der Waals surface area contributed by atoms with E-state index in [1.165, 1.54) is 14.2 Å². The van der Waals surface area contributed by atoms with Crippen LogP contribution in [0.5, 0.6) is 0 Å². The SMILES string of the molecule is COC(=O)c1ccc2c(c1)N(CCCC(=O)[O-])/C(=C/C=C1\CCC(/C=C/c3sc4ccc(C(=O)OC)cc4[n+]3CCCC(=O)[O-])=C1N(c1ccccc1)c1ccccc1)S2. The van der Waals surface area contributed by atoms with Crippen molar-refractivity contribution in [2.75, 3.05) is 30.6 Å². The monoisotopic (exact) mass is 840 g/mol. The molecule has 1 aromatic heterocycles. The second-order valence-corrected chi connectivity index (χ2v) is 16.2. The summed E-state index contributed by atoms with van der Waals surface area (Å²) in [5.41, 5.74) is 7.54. The van der Waals surface area contributed by atoms with Crippen LogP contribution in [0.2, 0.25) is 0 Å². The van der Waals surface area contributed by atoms with E-state index in [9.17, 15) is 29.4 Å². The lowest BCUT2D eigenvalue weighted by molar-refractivity contribution is -0.669. The summed E-state index contributed by atoms with van der Waals surface area (Å²) < 4.78 is 13.0. The maximum atomic E-state index is 12.5. The van der Waals surface area contributed by atoms with E-state index in [0.717, 1.165) is 71.9 Å². The van der Waals surface area contributed by atoms with Crippen LogP contribution in [-0.2, 0) is 25.6 Å². The zero-order valence-corrected chi connectivity index (χ0v) is 34.8. The highest BCUT2D eigenvalue weighted by atomic mass is 32.2. The Labute approximate surface area is 356 Å². The standard InChI is InChI=1S/C47H43N3O8S2/c1-57-46(55)33-19-23-39-37(29-33)48(27-9-15-43(51)52)41(59-39)25-21-31-17-18-32(45(31)50(35-11-5-3-6-12-35)36-13-7-4-8-14-36)22-26-42-49(28-10-16-44(53)54)38-30-34(47(56)58-2)20-24-40(38)60-42/h3-8,11-14,19-26,29-30H,9-10,15-18,27-28H2,1-2H3,(H-,51,52,53,54)/p-1. The summed E-state index contributed by atoms with van der Waals surface area (Å²) in [6.07, 6.45) is 10.3. The zero-order chi connectivity index (χ0) is 42.2. The minimum Gasteiger partial charge on any atom is -0.550 e. The second-order valence-electron chi connectivity index (χ2n) is 14.1. The third kappa shape index (κ3) is 9.38. The predicted molar refractivity (Wildman–Crippen MR) is 229 cm³/mol. The number of esters is 2. The van der Waals surface area contributed by atoms with Crippen molar-refractivity contribution in [2.45, 2.75) is 50.0 Å². The molecule has 11 nitrogen and oxygen atoms in total. The Morgan fingerprint density at radius 3 is 2.05 bits per heavy atom. The van der Waals surface area contributed by atoms with Gasteiger partial charge < -0.3 is 39.1 Å². The summed E-state index contributed by atoms with van der Waals surface area (Å²) in [6, 6.07) is 31.1. The third-order valence-corrected chi connectivity index (χ3v) is 12.5. The number of anilines is 3. The number of carboxylic acids is 2. The molecule has 1 aliphatic carbocycles. The molecule has 2 aliphatic rings. The summed E-state index contributed by atoms with van der Waals surface area (Å²) in [5, 5.41) is 24.6. The number of nitrogens with zero attached hydrogens (tertiary/aromatic N) is 3. The number of thiazole rings is 1. The molecule has 0 bridgehead atoms. The molecule has 0 spiro atoms. The van der Waals surface area contributed by atoms with Gasteiger partial charge in [0.05, 0.1) is 41.8 Å². The van der Waals surface area contributed by atoms with Crippen LogP contribution in [0.15, 0.2) is 142 Å². The van der Waals surface area contributed by atoms with Crippen LogP contribution >= 0.6 is 23.1 Å². The van der Waals surface area contributed by atoms with Crippen molar-refractivity contribution in [1.82, 2.24) is 0 Å². The summed E-state index contributed by atoms with van der Waals surface area (Å²) >= 11 is 3.11. The van der Waals surface area contributed by atoms with Crippen LogP contribution < -0.4 is 24.6 Å². The molecule has 0 saturated heterocycles. The first kappa shape index (κ1) is 41.7. The first-order valence-corrected chi connectivity index (χ1v) is 21.1. The molecular formula is C47H42N3O8S2-. The lowest BCUT2D eigenvalue weighted by Crippen LogP contribution is -2.36. The number of benzene rings is 4. The molecular weight excluding hydrogens is 799 g/mol. The zero-order valence-electron chi connectivity index (χ0n) is 33.1. The smallest absolute Gasteiger partial charge is 0.338 e. The van der Waals surface area contributed by atoms with Gasteiger partial charge in [-0.15, -0.1) is 0 Å². The van der Waals surface area contributed by atoms with Gasteiger partial charge in [0.15, 0.2) is 6.54 Å². The summed E-state index contributed by atoms with van der Waals surface area (Å²) in [7, 11) is 2.68. The number of methoxy groups -OCH3 is 2. The van der Waals surface area contributed by atoms with Crippen LogP contribution in [0.4, 0.5) is 17.1 Å². The minimum atomic E-state index is -1.12. The van der Waals surface area contributed by atoms with Crippen molar-refractivity contribution >= 4 is 80.3 Å². The van der Waals surface area contributed by atoms with Crippen molar-refractivity contribution in [1.29, 1.82) is 0 Å². The van der Waals surface area contributed by atoms with Crippen molar-refractivity contribution in [2.24, 2.45) is 0 Å². The van der Waals surface area contributed by atoms with Gasteiger partial charge >= 0.3 is 11.9 Å². The van der Waals surface area contributed by atoms with Gasteiger partial charge in [-0.3, -0.25) is 0 Å². The molecule has 2 heterocycles. The Bertz CT molecular complexity index is 2520. The number of allylic oxidation sites excluding steroid dienone is 5. The van der Waals surface area contributed by atoms with E-state index in [-0.39, 0.29) is 12.8 Å². The summed E-state index contributed by atoms with van der Waals surface area (Å²) in [4.78, 5) is 53.0. The molecule has 7 rings (SSSR count). The van der Waals surface area contributed by atoms with Gasteiger partial charge in [0.1, 0.15) is 4.70 Å². The van der Waals surface area contributed by atoms with Crippen LogP contribution in [-0.4, -0.2) is 44.6 Å². The molecule has 0 amide bonds. The lowest BCUT2D eigenvalue weighted by atomic mass is 10.1. The second kappa shape index (κ2) is 19.1. The summed E-state index contributed by atoms with van der Waals surface area (Å²) in [5.74, 6) is -3.15. The van der Waals surface area contributed by atoms with Crippen molar-refractivity contribution in [3.05, 3.63) is 153 Å². The van der Waals surface area contributed by atoms with Gasteiger partial charge in [-0.25, -0.2) is 9.59 Å². The van der Waals surface area contributed by atoms with E-state index in [2.05, 4.69) is 53.5 Å². The molecule has 0 radical (unpaired) electrons. The average molecular weight is 841 g/mol. The number of hydrogen-bond acceptors (Lipinski definition) is 12. The fraction of sp³-hybridized carbons (Fsp3) is 0.213. The molecule has 0 saturated carbocycles. The van der Waals surface area contributed by atoms with Gasteiger partial charge in [0, 0.05) is 53.3 Å². The Balaban J connectivity index is 1.34. The van der Waals surface area contributed by atoms with E-state index in [0.29, 0.717) is 37.1 Å². The molecule has 1 aliphatic heterocycles. The number of ether oxygens (including phenoxy) is 2. The number of aryl methyl sites for hydroxylation is 1. The Morgan fingerprint density at radius 2 is 1.40 bits per heavy atom. The van der Waals surface area contributed by atoms with E-state index in [1.54, 1.807) is 47.4 Å². The highest BCUT2D eigenvalue weighted by Gasteiger charge is 2.29. The van der Waals surface area contributed by atoms with E-state index in [1.807, 2.05) is 58.0 Å². The van der Waals surface area contributed by atoms with Gasteiger partial charge in [-0.1, -0.05) is 65.6 Å². The lowest BCUT2D eigenvalue weighted by Gasteiger charge is -2.28. The number of carbonyl (C=O) groups is 4. The van der Waals surface area contributed by atoms with Crippen molar-refractivity contribution in [3.63, 3.8) is 0 Å². The maximum absolute atomic E-state index is 12.5. The van der Waals surface area contributed by atoms with E-state index >= 15 is 0 Å². The molecule has 5 aromatic rings. The molecule has 0 atom stereocenters. The molecule has 0 N–H and O–H groups in total. The van der Waals surface area contributed by atoms with Crippen LogP contribution in [0, 0.1) is 0 Å². The van der Waals surface area contributed by atoms with E-state index in [4.69, 9.17) is 9.47 Å². The summed E-state index contributed by atoms with van der Waals surface area (Å²) in [6.45, 7) is 0.813. The fourth-order valence-electron chi connectivity index (χ4n) is 7.39. The third-order valence-electron chi connectivity index (χ3n) is 10.2. The largest absolute Gasteiger partial charge is 0.550 e. The van der Waals surface area contributed by atoms with Crippen LogP contribution in [0.3, 0.4) is 0 Å². The number of carbonyl (C=O) groups excluding carboxylic acids is 4. The fourth-order valence-corrected chi connectivity index (χ4v) is 9.54. The Morgan fingerprint density at radius 1 is 0.767 bits per heavy atom. The minimum absolute atomic E-state index is 0.101. The number of aromatic nitrogens is 1. The van der Waals surface area contributed by atoms with Crippen LogP contribution in [0.1, 0.15) is 64.2 Å². The first-order chi connectivity index (χ1) is 29.1. The van der Waals surface area contributed by atoms with Gasteiger partial charge in [-0.2, -0.15) is 4.57 Å². The highest BCUT2D eigenvalue weighted by Crippen LogP contribution is 2.47. The number of rotatable bonds is 16. The number of aliphatic carboxylic acids is 2. The first-order valence-electron chi connectivity index (χ1n) is 19.5. The number of para-hydroxylation sites is 2. The maximum Gasteiger partial charge on any atom is 0.338 e. The van der Waals surface area contributed by atoms with Gasteiger partial charge in [-0.05, 0) is 110 Å². The normalized spacial score (nSPS) is 15.0. The number of carboxylic acid groups (broad SMARTS) is 2. The molecule has 4 aromatic carbocycles. The van der Waals surface area contributed by atoms with E-state index < -0.39 is 23.9 Å². The molecule has 0 fully saturated rings. The molecule has 306 valence electrons. The van der Waals surface area contributed by atoms with Crippen LogP contribution in [0.25, 0.3) is 16.3 Å². The van der Waals surface area contributed by atoms with Crippen molar-refractivity contribution in [3.8, 4) is 0 Å². The average Bonchev–Trinajstić information content (AvgIpc) is 3.94. The molecule has 60 heavy (non-hydrogen) atoms. The molecule has 13 heteroatoms. The Hall–Kier alpha value is -6.44.